The molecule has 2 rings (SSSR count). The van der Waals surface area contributed by atoms with Crippen LogP contribution in [0.1, 0.15) is 30.5 Å². The topological polar surface area (TPSA) is 36.7 Å². The number of halogens is 2. The second kappa shape index (κ2) is 3.02. The molecule has 0 saturated heterocycles. The molecule has 1 aromatic rings. The standard InChI is InChI=1S/C10H8F2N2/c11-9(12)7-1-2-8(14-5-7)10(6-13)3-4-10/h1-2,5,9H,3-4H2. The number of alkyl halides is 2. The third-order valence-corrected chi connectivity index (χ3v) is 2.49. The van der Waals surface area contributed by atoms with Gasteiger partial charge >= 0.3 is 0 Å². The number of hydrogen-bond acceptors (Lipinski definition) is 2. The predicted molar refractivity (Wildman–Crippen MR) is 45.7 cm³/mol. The Morgan fingerprint density at radius 1 is 1.43 bits per heavy atom. The summed E-state index contributed by atoms with van der Waals surface area (Å²) in [6.07, 6.45) is 0.223. The fourth-order valence-corrected chi connectivity index (χ4v) is 1.37. The van der Waals surface area contributed by atoms with Gasteiger partial charge in [-0.1, -0.05) is 0 Å². The first-order valence-corrected chi connectivity index (χ1v) is 4.34. The average molecular weight is 194 g/mol. The van der Waals surface area contributed by atoms with Crippen LogP contribution >= 0.6 is 0 Å². The highest BCUT2D eigenvalue weighted by molar-refractivity contribution is 5.34. The number of nitrogens with zero attached hydrogens (tertiary/aromatic N) is 2. The molecule has 1 aliphatic carbocycles. The van der Waals surface area contributed by atoms with Crippen LogP contribution in [-0.4, -0.2) is 4.98 Å². The van der Waals surface area contributed by atoms with Crippen LogP contribution in [0.15, 0.2) is 18.3 Å². The third-order valence-electron chi connectivity index (χ3n) is 2.49. The lowest BCUT2D eigenvalue weighted by Crippen LogP contribution is -2.05. The number of pyridine rings is 1. The van der Waals surface area contributed by atoms with E-state index < -0.39 is 11.8 Å². The summed E-state index contributed by atoms with van der Waals surface area (Å²) < 4.78 is 24.4. The molecule has 0 N–H and O–H groups in total. The van der Waals surface area contributed by atoms with Crippen molar-refractivity contribution in [3.63, 3.8) is 0 Å². The van der Waals surface area contributed by atoms with Gasteiger partial charge in [-0.3, -0.25) is 4.98 Å². The van der Waals surface area contributed by atoms with Gasteiger partial charge in [0.15, 0.2) is 0 Å². The van der Waals surface area contributed by atoms with Gasteiger partial charge in [-0.05, 0) is 25.0 Å². The number of nitriles is 1. The summed E-state index contributed by atoms with van der Waals surface area (Å²) in [5.74, 6) is 0. The minimum atomic E-state index is -2.49. The van der Waals surface area contributed by atoms with E-state index in [0.29, 0.717) is 5.69 Å². The summed E-state index contributed by atoms with van der Waals surface area (Å²) in [6, 6.07) is 5.03. The minimum Gasteiger partial charge on any atom is -0.259 e. The van der Waals surface area contributed by atoms with Gasteiger partial charge in [-0.15, -0.1) is 0 Å². The molecule has 1 heterocycles. The van der Waals surface area contributed by atoms with Crippen LogP contribution in [0.25, 0.3) is 0 Å². The molecule has 1 aromatic heterocycles. The molecule has 0 amide bonds. The molecule has 1 fully saturated rings. The number of aromatic nitrogens is 1. The molecule has 0 unspecified atom stereocenters. The number of rotatable bonds is 2. The van der Waals surface area contributed by atoms with Crippen LogP contribution in [0, 0.1) is 11.3 Å². The van der Waals surface area contributed by atoms with E-state index >= 15 is 0 Å². The smallest absolute Gasteiger partial charge is 0.259 e. The maximum atomic E-state index is 12.2. The van der Waals surface area contributed by atoms with Crippen molar-refractivity contribution >= 4 is 0 Å². The molecule has 72 valence electrons. The zero-order valence-corrected chi connectivity index (χ0v) is 7.37. The van der Waals surface area contributed by atoms with Gasteiger partial charge in [0.25, 0.3) is 6.43 Å². The number of hydrogen-bond donors (Lipinski definition) is 0. The van der Waals surface area contributed by atoms with E-state index in [0.717, 1.165) is 19.0 Å². The second-order valence-corrected chi connectivity index (χ2v) is 3.47. The lowest BCUT2D eigenvalue weighted by molar-refractivity contribution is 0.151. The Kier molecular flexibility index (Phi) is 1.95. The van der Waals surface area contributed by atoms with Crippen molar-refractivity contribution in [3.8, 4) is 6.07 Å². The molecule has 0 aliphatic heterocycles. The molecule has 1 saturated carbocycles. The lowest BCUT2D eigenvalue weighted by atomic mass is 10.0. The minimum absolute atomic E-state index is 0.0949. The molecule has 4 heteroatoms. The zero-order chi connectivity index (χ0) is 10.2. The first-order chi connectivity index (χ1) is 6.68. The zero-order valence-electron chi connectivity index (χ0n) is 7.37. The van der Waals surface area contributed by atoms with Crippen LogP contribution < -0.4 is 0 Å². The van der Waals surface area contributed by atoms with Crippen LogP contribution in [0.5, 0.6) is 0 Å². The van der Waals surface area contributed by atoms with Gasteiger partial charge in [0.05, 0.1) is 17.2 Å². The highest BCUT2D eigenvalue weighted by Gasteiger charge is 2.46. The second-order valence-electron chi connectivity index (χ2n) is 3.47. The monoisotopic (exact) mass is 194 g/mol. The summed E-state index contributed by atoms with van der Waals surface area (Å²) in [4.78, 5) is 3.90. The molecule has 0 bridgehead atoms. The van der Waals surface area contributed by atoms with Gasteiger partial charge in [0.1, 0.15) is 0 Å². The van der Waals surface area contributed by atoms with Crippen LogP contribution in [0.4, 0.5) is 8.78 Å². The predicted octanol–water partition coefficient (Wildman–Crippen LogP) is 2.57. The molecule has 0 aromatic carbocycles. The Hall–Kier alpha value is -1.50. The highest BCUT2D eigenvalue weighted by atomic mass is 19.3. The van der Waals surface area contributed by atoms with E-state index in [1.807, 2.05) is 0 Å². The summed E-state index contributed by atoms with van der Waals surface area (Å²) >= 11 is 0. The molecule has 0 radical (unpaired) electrons. The summed E-state index contributed by atoms with van der Waals surface area (Å²) in [6.45, 7) is 0. The Labute approximate surface area is 80.2 Å². The Morgan fingerprint density at radius 2 is 2.14 bits per heavy atom. The van der Waals surface area contributed by atoms with Crippen molar-refractivity contribution in [1.29, 1.82) is 5.26 Å². The first-order valence-electron chi connectivity index (χ1n) is 4.34. The van der Waals surface area contributed by atoms with E-state index in [9.17, 15) is 8.78 Å². The van der Waals surface area contributed by atoms with E-state index in [-0.39, 0.29) is 5.56 Å². The maximum absolute atomic E-state index is 12.2. The first kappa shape index (κ1) is 9.07. The van der Waals surface area contributed by atoms with Crippen molar-refractivity contribution in [2.45, 2.75) is 24.7 Å². The molecular weight excluding hydrogens is 186 g/mol. The van der Waals surface area contributed by atoms with Crippen LogP contribution in [0.3, 0.4) is 0 Å². The highest BCUT2D eigenvalue weighted by Crippen LogP contribution is 2.46. The largest absolute Gasteiger partial charge is 0.265 e. The average Bonchev–Trinajstić information content (AvgIpc) is 2.99. The SMILES string of the molecule is N#CC1(c2ccc(C(F)F)cn2)CC1. The molecule has 14 heavy (non-hydrogen) atoms. The molecule has 0 spiro atoms. The third kappa shape index (κ3) is 1.35. The van der Waals surface area contributed by atoms with E-state index in [4.69, 9.17) is 5.26 Å². The molecule has 2 nitrogen and oxygen atoms in total. The van der Waals surface area contributed by atoms with Crippen LogP contribution in [-0.2, 0) is 5.41 Å². The molecule has 1 aliphatic rings. The quantitative estimate of drug-likeness (QED) is 0.725. The fraction of sp³-hybridized carbons (Fsp3) is 0.400. The Bertz CT molecular complexity index is 374. The van der Waals surface area contributed by atoms with E-state index in [2.05, 4.69) is 11.1 Å². The molecule has 0 atom stereocenters. The van der Waals surface area contributed by atoms with Gasteiger partial charge in [0.2, 0.25) is 0 Å². The van der Waals surface area contributed by atoms with Crippen LogP contribution in [0.2, 0.25) is 0 Å². The summed E-state index contributed by atoms with van der Waals surface area (Å²) in [5, 5.41) is 8.85. The van der Waals surface area contributed by atoms with Gasteiger partial charge in [0, 0.05) is 11.8 Å². The summed E-state index contributed by atoms with van der Waals surface area (Å²) in [5.41, 5.74) is 0.0348. The molecular formula is C10H8F2N2. The normalized spacial score (nSPS) is 17.9. The van der Waals surface area contributed by atoms with Gasteiger partial charge in [-0.2, -0.15) is 5.26 Å². The van der Waals surface area contributed by atoms with Gasteiger partial charge in [-0.25, -0.2) is 8.78 Å². The van der Waals surface area contributed by atoms with Crippen molar-refractivity contribution in [3.05, 3.63) is 29.6 Å². The Morgan fingerprint density at radius 3 is 2.50 bits per heavy atom. The van der Waals surface area contributed by atoms with Crippen molar-refractivity contribution in [1.82, 2.24) is 4.98 Å². The maximum Gasteiger partial charge on any atom is 0.265 e. The van der Waals surface area contributed by atoms with Crippen molar-refractivity contribution in [2.75, 3.05) is 0 Å². The fourth-order valence-electron chi connectivity index (χ4n) is 1.37. The van der Waals surface area contributed by atoms with Gasteiger partial charge < -0.3 is 0 Å². The summed E-state index contributed by atoms with van der Waals surface area (Å²) in [7, 11) is 0. The van der Waals surface area contributed by atoms with E-state index in [1.54, 1.807) is 0 Å². The van der Waals surface area contributed by atoms with Crippen molar-refractivity contribution in [2.24, 2.45) is 0 Å². The lowest BCUT2D eigenvalue weighted by Gasteiger charge is -2.05. The van der Waals surface area contributed by atoms with Crippen molar-refractivity contribution < 1.29 is 8.78 Å². The Balaban J connectivity index is 2.28. The van der Waals surface area contributed by atoms with E-state index in [1.165, 1.54) is 12.1 Å².